The average Bonchev–Trinajstić information content (AvgIpc) is 3.07. The number of hydrogen-bond donors (Lipinski definition) is 0. The van der Waals surface area contributed by atoms with Gasteiger partial charge >= 0.3 is 0 Å². The van der Waals surface area contributed by atoms with Gasteiger partial charge in [0.25, 0.3) is 5.56 Å². The Labute approximate surface area is 142 Å². The number of rotatable bonds is 3. The Bertz CT molecular complexity index is 793. The van der Waals surface area contributed by atoms with Crippen molar-refractivity contribution in [1.29, 1.82) is 0 Å². The standard InChI is InChI=1S/C19H25N3O2/c1-18(2)9-14-10-19(3,11-18)12-21(14)13-22-17(23)7-6-15(20-22)16-5-4-8-24-16/h4-8,14H,9-13H2,1-3H3. The molecule has 1 aliphatic heterocycles. The van der Waals surface area contributed by atoms with Crippen LogP contribution in [0.25, 0.3) is 11.5 Å². The molecule has 0 amide bonds. The summed E-state index contributed by atoms with van der Waals surface area (Å²) in [7, 11) is 0. The highest BCUT2D eigenvalue weighted by Gasteiger charge is 2.49. The summed E-state index contributed by atoms with van der Waals surface area (Å²) in [5.41, 5.74) is 1.37. The average molecular weight is 327 g/mol. The van der Waals surface area contributed by atoms with E-state index in [1.54, 1.807) is 23.1 Å². The number of likely N-dealkylation sites (tertiary alicyclic amines) is 1. The normalized spacial score (nSPS) is 29.0. The number of furan rings is 1. The van der Waals surface area contributed by atoms with Gasteiger partial charge in [0.1, 0.15) is 5.69 Å². The topological polar surface area (TPSA) is 51.3 Å². The molecule has 1 saturated heterocycles. The molecule has 2 aromatic heterocycles. The summed E-state index contributed by atoms with van der Waals surface area (Å²) in [6, 6.07) is 7.55. The smallest absolute Gasteiger partial charge is 0.268 e. The van der Waals surface area contributed by atoms with Crippen LogP contribution >= 0.6 is 0 Å². The van der Waals surface area contributed by atoms with Crippen molar-refractivity contribution in [3.63, 3.8) is 0 Å². The Morgan fingerprint density at radius 1 is 1.25 bits per heavy atom. The van der Waals surface area contributed by atoms with Crippen LogP contribution in [0.1, 0.15) is 40.0 Å². The van der Waals surface area contributed by atoms with E-state index in [0.29, 0.717) is 35.0 Å². The van der Waals surface area contributed by atoms with E-state index in [2.05, 4.69) is 30.8 Å². The lowest BCUT2D eigenvalue weighted by Crippen LogP contribution is -2.38. The fourth-order valence-electron chi connectivity index (χ4n) is 5.02. The van der Waals surface area contributed by atoms with Crippen LogP contribution in [0.3, 0.4) is 0 Å². The van der Waals surface area contributed by atoms with Crippen molar-refractivity contribution in [2.45, 2.75) is 52.7 Å². The maximum Gasteiger partial charge on any atom is 0.268 e. The van der Waals surface area contributed by atoms with Gasteiger partial charge in [-0.15, -0.1) is 0 Å². The summed E-state index contributed by atoms with van der Waals surface area (Å²) in [5, 5.41) is 4.52. The highest BCUT2D eigenvalue weighted by atomic mass is 16.3. The molecule has 2 aromatic rings. The first kappa shape index (κ1) is 15.6. The van der Waals surface area contributed by atoms with Crippen LogP contribution < -0.4 is 5.56 Å². The molecule has 0 spiro atoms. The molecule has 2 atom stereocenters. The molecule has 0 N–H and O–H groups in total. The van der Waals surface area contributed by atoms with E-state index in [4.69, 9.17) is 4.42 Å². The molecule has 0 aromatic carbocycles. The van der Waals surface area contributed by atoms with Crippen LogP contribution in [-0.2, 0) is 6.67 Å². The molecule has 5 heteroatoms. The SMILES string of the molecule is CC1(C)CC2CC(C)(CN2Cn2nc(-c3ccco3)ccc2=O)C1. The Morgan fingerprint density at radius 2 is 2.08 bits per heavy atom. The van der Waals surface area contributed by atoms with Crippen molar-refractivity contribution in [3.05, 3.63) is 40.9 Å². The lowest BCUT2D eigenvalue weighted by atomic mass is 9.65. The monoisotopic (exact) mass is 327 g/mol. The lowest BCUT2D eigenvalue weighted by molar-refractivity contribution is 0.119. The molecule has 128 valence electrons. The molecule has 0 radical (unpaired) electrons. The van der Waals surface area contributed by atoms with E-state index < -0.39 is 0 Å². The van der Waals surface area contributed by atoms with Crippen molar-refractivity contribution in [1.82, 2.24) is 14.7 Å². The zero-order valence-corrected chi connectivity index (χ0v) is 14.7. The molecule has 2 unspecified atom stereocenters. The highest BCUT2D eigenvalue weighted by Crippen LogP contribution is 2.52. The van der Waals surface area contributed by atoms with Crippen LogP contribution in [0.2, 0.25) is 0 Å². The minimum absolute atomic E-state index is 0.0591. The maximum absolute atomic E-state index is 12.3. The second-order valence-corrected chi connectivity index (χ2v) is 8.64. The number of aromatic nitrogens is 2. The molecule has 2 bridgehead atoms. The van der Waals surface area contributed by atoms with Crippen LogP contribution in [-0.4, -0.2) is 27.3 Å². The Balaban J connectivity index is 1.60. The first-order chi connectivity index (χ1) is 11.3. The van der Waals surface area contributed by atoms with E-state index in [1.807, 2.05) is 12.1 Å². The molecule has 24 heavy (non-hydrogen) atoms. The van der Waals surface area contributed by atoms with E-state index in [1.165, 1.54) is 19.3 Å². The third-order valence-corrected chi connectivity index (χ3v) is 5.48. The summed E-state index contributed by atoms with van der Waals surface area (Å²) in [5.74, 6) is 0.692. The van der Waals surface area contributed by atoms with Crippen LogP contribution in [0.4, 0.5) is 0 Å². The number of hydrogen-bond acceptors (Lipinski definition) is 4. The fraction of sp³-hybridized carbons (Fsp3) is 0.579. The second-order valence-electron chi connectivity index (χ2n) is 8.64. The molecule has 3 heterocycles. The molecular weight excluding hydrogens is 302 g/mol. The maximum atomic E-state index is 12.3. The molecular formula is C19H25N3O2. The van der Waals surface area contributed by atoms with Gasteiger partial charge in [-0.25, -0.2) is 4.68 Å². The minimum Gasteiger partial charge on any atom is -0.463 e. The van der Waals surface area contributed by atoms with Gasteiger partial charge in [-0.3, -0.25) is 9.69 Å². The molecule has 1 saturated carbocycles. The largest absolute Gasteiger partial charge is 0.463 e. The van der Waals surface area contributed by atoms with E-state index >= 15 is 0 Å². The first-order valence-electron chi connectivity index (χ1n) is 8.70. The summed E-state index contributed by atoms with van der Waals surface area (Å²) >= 11 is 0. The molecule has 2 aliphatic rings. The third kappa shape index (κ3) is 2.81. The minimum atomic E-state index is -0.0591. The van der Waals surface area contributed by atoms with Crippen LogP contribution in [0, 0.1) is 10.8 Å². The molecule has 1 aliphatic carbocycles. The van der Waals surface area contributed by atoms with E-state index in [-0.39, 0.29) is 5.56 Å². The summed E-state index contributed by atoms with van der Waals surface area (Å²) in [6.07, 6.45) is 5.29. The Kier molecular flexibility index (Phi) is 3.46. The second kappa shape index (κ2) is 5.31. The zero-order chi connectivity index (χ0) is 16.9. The van der Waals surface area contributed by atoms with Gasteiger partial charge in [0, 0.05) is 18.7 Å². The number of nitrogens with zero attached hydrogens (tertiary/aromatic N) is 3. The van der Waals surface area contributed by atoms with Gasteiger partial charge in [0.05, 0.1) is 12.9 Å². The third-order valence-electron chi connectivity index (χ3n) is 5.48. The molecule has 4 rings (SSSR count). The van der Waals surface area contributed by atoms with Crippen molar-refractivity contribution in [3.8, 4) is 11.5 Å². The van der Waals surface area contributed by atoms with Crippen molar-refractivity contribution in [2.75, 3.05) is 6.54 Å². The first-order valence-corrected chi connectivity index (χ1v) is 8.70. The summed E-state index contributed by atoms with van der Waals surface area (Å²) in [6.45, 7) is 8.71. The Morgan fingerprint density at radius 3 is 2.83 bits per heavy atom. The van der Waals surface area contributed by atoms with Gasteiger partial charge in [0.2, 0.25) is 0 Å². The van der Waals surface area contributed by atoms with Crippen molar-refractivity contribution >= 4 is 0 Å². The van der Waals surface area contributed by atoms with Gasteiger partial charge < -0.3 is 4.42 Å². The van der Waals surface area contributed by atoms with Crippen LogP contribution in [0.5, 0.6) is 0 Å². The van der Waals surface area contributed by atoms with Crippen molar-refractivity contribution < 1.29 is 4.42 Å². The number of fused-ring (bicyclic) bond motifs is 2. The van der Waals surface area contributed by atoms with Gasteiger partial charge in [-0.2, -0.15) is 5.10 Å². The quantitative estimate of drug-likeness (QED) is 0.867. The predicted molar refractivity (Wildman–Crippen MR) is 92.4 cm³/mol. The van der Waals surface area contributed by atoms with Gasteiger partial charge in [-0.1, -0.05) is 20.8 Å². The Hall–Kier alpha value is -1.88. The van der Waals surface area contributed by atoms with Crippen LogP contribution in [0.15, 0.2) is 39.7 Å². The van der Waals surface area contributed by atoms with Crippen molar-refractivity contribution in [2.24, 2.45) is 10.8 Å². The van der Waals surface area contributed by atoms with Gasteiger partial charge in [0.15, 0.2) is 5.76 Å². The summed E-state index contributed by atoms with van der Waals surface area (Å²) in [4.78, 5) is 14.7. The van der Waals surface area contributed by atoms with E-state index in [0.717, 1.165) is 6.54 Å². The summed E-state index contributed by atoms with van der Waals surface area (Å²) < 4.78 is 6.98. The predicted octanol–water partition coefficient (Wildman–Crippen LogP) is 3.36. The zero-order valence-electron chi connectivity index (χ0n) is 14.7. The molecule has 2 fully saturated rings. The highest BCUT2D eigenvalue weighted by molar-refractivity contribution is 5.50. The lowest BCUT2D eigenvalue weighted by Gasteiger charge is -2.39. The van der Waals surface area contributed by atoms with Gasteiger partial charge in [-0.05, 0) is 48.3 Å². The molecule has 5 nitrogen and oxygen atoms in total. The van der Waals surface area contributed by atoms with E-state index in [9.17, 15) is 4.79 Å². The fourth-order valence-corrected chi connectivity index (χ4v) is 5.02.